The van der Waals surface area contributed by atoms with Gasteiger partial charge in [0.2, 0.25) is 11.7 Å². The van der Waals surface area contributed by atoms with Crippen molar-refractivity contribution in [2.75, 3.05) is 5.75 Å². The van der Waals surface area contributed by atoms with Crippen LogP contribution in [0.2, 0.25) is 5.02 Å². The van der Waals surface area contributed by atoms with Crippen LogP contribution in [0.3, 0.4) is 0 Å². The van der Waals surface area contributed by atoms with E-state index in [9.17, 15) is 9.18 Å². The van der Waals surface area contributed by atoms with E-state index in [-0.39, 0.29) is 29.0 Å². The molecule has 0 aliphatic rings. The van der Waals surface area contributed by atoms with Gasteiger partial charge in [0, 0.05) is 11.3 Å². The minimum atomic E-state index is -0.470. The Kier molecular flexibility index (Phi) is 6.36. The summed E-state index contributed by atoms with van der Waals surface area (Å²) in [5.41, 5.74) is 0.692. The van der Waals surface area contributed by atoms with Crippen LogP contribution in [0.4, 0.5) is 4.39 Å². The lowest BCUT2D eigenvalue weighted by Crippen LogP contribution is -2.24. The highest BCUT2D eigenvalue weighted by Gasteiger charge is 2.16. The van der Waals surface area contributed by atoms with E-state index in [4.69, 9.17) is 16.1 Å². The lowest BCUT2D eigenvalue weighted by molar-refractivity contribution is 0.0940. The molecule has 1 aromatic carbocycles. The monoisotopic (exact) mass is 407 g/mol. The van der Waals surface area contributed by atoms with Gasteiger partial charge in [0.15, 0.2) is 10.9 Å². The maximum absolute atomic E-state index is 13.0. The Morgan fingerprint density at radius 1 is 1.30 bits per heavy atom. The first-order valence-electron chi connectivity index (χ1n) is 8.09. The Morgan fingerprint density at radius 2 is 2.07 bits per heavy atom. The zero-order valence-corrected chi connectivity index (χ0v) is 15.9. The first-order valence-corrected chi connectivity index (χ1v) is 9.45. The summed E-state index contributed by atoms with van der Waals surface area (Å²) in [7, 11) is 0. The van der Waals surface area contributed by atoms with Crippen molar-refractivity contribution in [2.45, 2.75) is 25.0 Å². The van der Waals surface area contributed by atoms with E-state index in [0.29, 0.717) is 16.5 Å². The molecule has 0 aliphatic carbocycles. The first-order chi connectivity index (χ1) is 13.1. The Bertz CT molecular complexity index is 935. The van der Waals surface area contributed by atoms with Gasteiger partial charge in [0.1, 0.15) is 5.82 Å². The summed E-state index contributed by atoms with van der Waals surface area (Å²) in [5.74, 6) is 0.526. The molecule has 0 fully saturated rings. The average Bonchev–Trinajstić information content (AvgIpc) is 3.15. The van der Waals surface area contributed by atoms with Crippen molar-refractivity contribution in [3.05, 3.63) is 52.9 Å². The number of halogens is 2. The molecule has 2 aromatic heterocycles. The van der Waals surface area contributed by atoms with E-state index >= 15 is 0 Å². The fraction of sp³-hybridized carbons (Fsp3) is 0.235. The van der Waals surface area contributed by atoms with Crippen LogP contribution in [0.15, 0.2) is 40.1 Å². The summed E-state index contributed by atoms with van der Waals surface area (Å²) < 4.78 is 18.1. The molecule has 1 amide bonds. The molecule has 3 aromatic rings. The Hall–Kier alpha value is -2.52. The second-order valence-corrected chi connectivity index (χ2v) is 6.87. The van der Waals surface area contributed by atoms with Gasteiger partial charge < -0.3 is 9.84 Å². The molecule has 0 aliphatic heterocycles. The number of thioether (sulfide) groups is 1. The van der Waals surface area contributed by atoms with Crippen molar-refractivity contribution in [1.82, 2.24) is 25.4 Å². The fourth-order valence-corrected chi connectivity index (χ4v) is 2.90. The summed E-state index contributed by atoms with van der Waals surface area (Å²) in [6, 6.07) is 5.69. The number of carbonyl (C=O) groups excluding carboxylic acids is 1. The maximum Gasteiger partial charge on any atom is 0.272 e. The van der Waals surface area contributed by atoms with E-state index in [0.717, 1.165) is 12.2 Å². The zero-order chi connectivity index (χ0) is 19.2. The molecular weight excluding hydrogens is 393 g/mol. The van der Waals surface area contributed by atoms with Gasteiger partial charge in [-0.1, -0.05) is 35.4 Å². The number of rotatable bonds is 7. The topological polar surface area (TPSA) is 93.8 Å². The number of aromatic nitrogens is 4. The molecular formula is C17H15ClFN5O2S. The molecule has 7 nitrogen and oxygen atoms in total. The predicted octanol–water partition coefficient (Wildman–Crippen LogP) is 3.75. The summed E-state index contributed by atoms with van der Waals surface area (Å²) in [6.07, 6.45) is 2.37. The Balaban J connectivity index is 1.65. The van der Waals surface area contributed by atoms with E-state index in [2.05, 4.69) is 25.4 Å². The van der Waals surface area contributed by atoms with Crippen LogP contribution in [0.25, 0.3) is 11.4 Å². The third-order valence-corrected chi connectivity index (χ3v) is 4.69. The van der Waals surface area contributed by atoms with E-state index in [1.807, 2.05) is 6.92 Å². The van der Waals surface area contributed by atoms with Gasteiger partial charge in [-0.05, 0) is 30.7 Å². The second kappa shape index (κ2) is 8.92. The van der Waals surface area contributed by atoms with Crippen molar-refractivity contribution in [2.24, 2.45) is 0 Å². The third-order valence-electron chi connectivity index (χ3n) is 3.34. The number of nitrogens with one attached hydrogen (secondary N) is 1. The minimum Gasteiger partial charge on any atom is -0.342 e. The van der Waals surface area contributed by atoms with Crippen LogP contribution in [0, 0.1) is 5.82 Å². The summed E-state index contributed by atoms with van der Waals surface area (Å²) >= 11 is 7.48. The highest BCUT2D eigenvalue weighted by molar-refractivity contribution is 7.99. The fourth-order valence-electron chi connectivity index (χ4n) is 2.06. The molecule has 3 rings (SSSR count). The van der Waals surface area contributed by atoms with E-state index in [1.165, 1.54) is 30.1 Å². The van der Waals surface area contributed by atoms with E-state index in [1.54, 1.807) is 12.1 Å². The number of carbonyl (C=O) groups is 1. The van der Waals surface area contributed by atoms with Crippen LogP contribution < -0.4 is 5.32 Å². The second-order valence-electron chi connectivity index (χ2n) is 5.40. The number of nitrogens with zero attached hydrogens (tertiary/aromatic N) is 4. The SMILES string of the molecule is CCCSc1ncc(Cl)c(C(=O)NCc2nc(-c3ccc(F)cc3)no2)n1. The molecule has 27 heavy (non-hydrogen) atoms. The van der Waals surface area contributed by atoms with Gasteiger partial charge in [-0.25, -0.2) is 14.4 Å². The van der Waals surface area contributed by atoms with Crippen LogP contribution in [-0.4, -0.2) is 31.8 Å². The summed E-state index contributed by atoms with van der Waals surface area (Å²) in [5, 5.41) is 7.10. The number of hydrogen-bond donors (Lipinski definition) is 1. The molecule has 140 valence electrons. The first kappa shape index (κ1) is 19.2. The predicted molar refractivity (Wildman–Crippen MR) is 98.9 cm³/mol. The van der Waals surface area contributed by atoms with Crippen molar-refractivity contribution >= 4 is 29.3 Å². The molecule has 0 atom stereocenters. The highest BCUT2D eigenvalue weighted by atomic mass is 35.5. The van der Waals surface area contributed by atoms with Crippen LogP contribution >= 0.6 is 23.4 Å². The highest BCUT2D eigenvalue weighted by Crippen LogP contribution is 2.19. The van der Waals surface area contributed by atoms with Gasteiger partial charge in [-0.15, -0.1) is 0 Å². The minimum absolute atomic E-state index is 0.00476. The maximum atomic E-state index is 13.0. The van der Waals surface area contributed by atoms with Crippen LogP contribution in [0.1, 0.15) is 29.7 Å². The molecule has 0 radical (unpaired) electrons. The number of amides is 1. The largest absolute Gasteiger partial charge is 0.342 e. The lowest BCUT2D eigenvalue weighted by atomic mass is 10.2. The van der Waals surface area contributed by atoms with Gasteiger partial charge in [-0.3, -0.25) is 4.79 Å². The Morgan fingerprint density at radius 3 is 2.81 bits per heavy atom. The number of benzene rings is 1. The van der Waals surface area contributed by atoms with Crippen LogP contribution in [0.5, 0.6) is 0 Å². The van der Waals surface area contributed by atoms with Gasteiger partial charge in [0.05, 0.1) is 17.8 Å². The molecule has 1 N–H and O–H groups in total. The van der Waals surface area contributed by atoms with Gasteiger partial charge in [0.25, 0.3) is 5.91 Å². The van der Waals surface area contributed by atoms with Crippen molar-refractivity contribution in [3.63, 3.8) is 0 Å². The summed E-state index contributed by atoms with van der Waals surface area (Å²) in [6.45, 7) is 2.05. The quantitative estimate of drug-likeness (QED) is 0.470. The third kappa shape index (κ3) is 5.01. The van der Waals surface area contributed by atoms with Crippen molar-refractivity contribution < 1.29 is 13.7 Å². The van der Waals surface area contributed by atoms with Crippen LogP contribution in [-0.2, 0) is 6.54 Å². The average molecular weight is 408 g/mol. The molecule has 10 heteroatoms. The Labute approximate surface area is 163 Å². The van der Waals surface area contributed by atoms with Gasteiger partial charge >= 0.3 is 0 Å². The van der Waals surface area contributed by atoms with Gasteiger partial charge in [-0.2, -0.15) is 4.98 Å². The normalized spacial score (nSPS) is 10.8. The molecule has 0 saturated carbocycles. The van der Waals surface area contributed by atoms with E-state index < -0.39 is 5.91 Å². The summed E-state index contributed by atoms with van der Waals surface area (Å²) in [4.78, 5) is 24.8. The lowest BCUT2D eigenvalue weighted by Gasteiger charge is -2.05. The number of hydrogen-bond acceptors (Lipinski definition) is 7. The smallest absolute Gasteiger partial charge is 0.272 e. The molecule has 2 heterocycles. The standard InChI is InChI=1S/C17H15ClFN5O2S/c1-2-7-27-17-21-8-12(18)14(23-17)16(25)20-9-13-22-15(24-26-13)10-3-5-11(19)6-4-10/h3-6,8H,2,7,9H2,1H3,(H,20,25). The van der Waals surface area contributed by atoms with Crippen molar-refractivity contribution in [1.29, 1.82) is 0 Å². The van der Waals surface area contributed by atoms with Crippen molar-refractivity contribution in [3.8, 4) is 11.4 Å². The molecule has 0 saturated heterocycles. The molecule has 0 spiro atoms. The molecule has 0 bridgehead atoms. The zero-order valence-electron chi connectivity index (χ0n) is 14.3. The molecule has 0 unspecified atom stereocenters.